The molecule has 3 heteroatoms. The summed E-state index contributed by atoms with van der Waals surface area (Å²) in [5, 5.41) is 9.31. The fraction of sp³-hybridized carbons (Fsp3) is 0.647. The van der Waals surface area contributed by atoms with E-state index in [4.69, 9.17) is 0 Å². The molecule has 1 aromatic rings. The van der Waals surface area contributed by atoms with Crippen molar-refractivity contribution >= 4 is 0 Å². The van der Waals surface area contributed by atoms with Crippen LogP contribution in [0.15, 0.2) is 24.3 Å². The Morgan fingerprint density at radius 2 is 1.95 bits per heavy atom. The normalized spacial score (nSPS) is 22.9. The molecule has 0 saturated carbocycles. The van der Waals surface area contributed by atoms with Crippen LogP contribution in [0, 0.1) is 0 Å². The first-order valence-corrected chi connectivity index (χ1v) is 7.82. The first-order chi connectivity index (χ1) is 9.60. The maximum absolute atomic E-state index is 9.31. The van der Waals surface area contributed by atoms with Crippen LogP contribution in [0.1, 0.15) is 32.3 Å². The number of phenols is 1. The molecule has 1 N–H and O–H groups in total. The molecular weight excluding hydrogens is 248 g/mol. The van der Waals surface area contributed by atoms with Crippen molar-refractivity contribution in [2.75, 3.05) is 26.7 Å². The summed E-state index contributed by atoms with van der Waals surface area (Å²) in [7, 11) is 2.24. The van der Waals surface area contributed by atoms with Crippen LogP contribution >= 0.6 is 0 Å². The highest BCUT2D eigenvalue weighted by atomic mass is 16.3. The van der Waals surface area contributed by atoms with Crippen LogP contribution in [0.2, 0.25) is 0 Å². The smallest absolute Gasteiger partial charge is 0.115 e. The zero-order valence-electron chi connectivity index (χ0n) is 13.0. The highest BCUT2D eigenvalue weighted by Crippen LogP contribution is 2.17. The van der Waals surface area contributed by atoms with Crippen molar-refractivity contribution < 1.29 is 5.11 Å². The zero-order chi connectivity index (χ0) is 14.5. The van der Waals surface area contributed by atoms with Crippen molar-refractivity contribution in [3.63, 3.8) is 0 Å². The van der Waals surface area contributed by atoms with E-state index in [0.717, 1.165) is 6.42 Å². The number of benzene rings is 1. The largest absolute Gasteiger partial charge is 0.508 e. The van der Waals surface area contributed by atoms with E-state index in [1.54, 1.807) is 12.1 Å². The van der Waals surface area contributed by atoms with Crippen LogP contribution in [-0.4, -0.2) is 53.7 Å². The number of aromatic hydroxyl groups is 1. The Morgan fingerprint density at radius 3 is 2.60 bits per heavy atom. The van der Waals surface area contributed by atoms with E-state index in [0.29, 0.717) is 17.8 Å². The van der Waals surface area contributed by atoms with Crippen LogP contribution in [0.3, 0.4) is 0 Å². The highest BCUT2D eigenvalue weighted by molar-refractivity contribution is 5.25. The molecule has 2 rings (SSSR count). The average Bonchev–Trinajstić information content (AvgIpc) is 2.47. The zero-order valence-corrected chi connectivity index (χ0v) is 13.0. The van der Waals surface area contributed by atoms with Gasteiger partial charge in [-0.15, -0.1) is 0 Å². The molecule has 1 aliphatic heterocycles. The van der Waals surface area contributed by atoms with Crippen molar-refractivity contribution in [2.24, 2.45) is 0 Å². The number of aryl methyl sites for hydroxylation is 1. The third-order valence-electron chi connectivity index (χ3n) is 4.69. The van der Waals surface area contributed by atoms with Crippen LogP contribution in [0.25, 0.3) is 0 Å². The quantitative estimate of drug-likeness (QED) is 0.896. The fourth-order valence-corrected chi connectivity index (χ4v) is 3.03. The average molecular weight is 276 g/mol. The Hall–Kier alpha value is -1.06. The first kappa shape index (κ1) is 15.3. The summed E-state index contributed by atoms with van der Waals surface area (Å²) >= 11 is 0. The third kappa shape index (κ3) is 3.97. The molecule has 0 bridgehead atoms. The molecule has 3 nitrogen and oxygen atoms in total. The van der Waals surface area contributed by atoms with E-state index in [1.807, 2.05) is 12.1 Å². The summed E-state index contributed by atoms with van der Waals surface area (Å²) in [5.74, 6) is 0.353. The van der Waals surface area contributed by atoms with Crippen LogP contribution in [-0.2, 0) is 6.42 Å². The number of likely N-dealkylation sites (N-methyl/N-ethyl adjacent to an activating group) is 1. The summed E-state index contributed by atoms with van der Waals surface area (Å²) in [4.78, 5) is 5.12. The van der Waals surface area contributed by atoms with Gasteiger partial charge in [-0.3, -0.25) is 4.90 Å². The van der Waals surface area contributed by atoms with Gasteiger partial charge in [0.25, 0.3) is 0 Å². The second kappa shape index (κ2) is 7.09. The molecule has 1 heterocycles. The summed E-state index contributed by atoms with van der Waals surface area (Å²) in [6.07, 6.45) is 3.51. The Bertz CT molecular complexity index is 404. The fourth-order valence-electron chi connectivity index (χ4n) is 3.03. The van der Waals surface area contributed by atoms with Gasteiger partial charge >= 0.3 is 0 Å². The summed E-state index contributed by atoms with van der Waals surface area (Å²) in [6, 6.07) is 8.96. The molecular formula is C17H28N2O. The van der Waals surface area contributed by atoms with Gasteiger partial charge in [0.1, 0.15) is 5.75 Å². The molecule has 2 unspecified atom stereocenters. The monoisotopic (exact) mass is 276 g/mol. The van der Waals surface area contributed by atoms with E-state index < -0.39 is 0 Å². The van der Waals surface area contributed by atoms with Gasteiger partial charge in [-0.1, -0.05) is 19.1 Å². The lowest BCUT2D eigenvalue weighted by Crippen LogP contribution is -2.53. The Morgan fingerprint density at radius 1 is 1.25 bits per heavy atom. The lowest BCUT2D eigenvalue weighted by molar-refractivity contribution is 0.0651. The molecule has 0 spiro atoms. The number of piperazine rings is 1. The van der Waals surface area contributed by atoms with Crippen LogP contribution < -0.4 is 0 Å². The maximum atomic E-state index is 9.31. The van der Waals surface area contributed by atoms with Crippen molar-refractivity contribution in [3.8, 4) is 5.75 Å². The number of phenolic OH excluding ortho intramolecular Hbond substituents is 1. The van der Waals surface area contributed by atoms with Gasteiger partial charge in [-0.2, -0.15) is 0 Å². The molecule has 2 atom stereocenters. The molecule has 0 radical (unpaired) electrons. The summed E-state index contributed by atoms with van der Waals surface area (Å²) in [6.45, 7) is 8.19. The predicted octanol–water partition coefficient (Wildman–Crippen LogP) is 2.74. The SMILES string of the molecule is CCC1CN(C(C)CCc2ccc(O)cc2)CCN1C. The van der Waals surface area contributed by atoms with Gasteiger partial charge in [0.2, 0.25) is 0 Å². The van der Waals surface area contributed by atoms with Crippen molar-refractivity contribution in [3.05, 3.63) is 29.8 Å². The second-order valence-electron chi connectivity index (χ2n) is 6.09. The second-order valence-corrected chi connectivity index (χ2v) is 6.09. The van der Waals surface area contributed by atoms with Gasteiger partial charge < -0.3 is 10.0 Å². The van der Waals surface area contributed by atoms with Crippen molar-refractivity contribution in [2.45, 2.75) is 45.2 Å². The number of hydrogen-bond acceptors (Lipinski definition) is 3. The van der Waals surface area contributed by atoms with Crippen LogP contribution in [0.4, 0.5) is 0 Å². The van der Waals surface area contributed by atoms with E-state index in [-0.39, 0.29) is 0 Å². The molecule has 112 valence electrons. The molecule has 0 amide bonds. The molecule has 1 aromatic carbocycles. The van der Waals surface area contributed by atoms with Gasteiger partial charge in [0.05, 0.1) is 0 Å². The van der Waals surface area contributed by atoms with E-state index in [1.165, 1.54) is 38.0 Å². The highest BCUT2D eigenvalue weighted by Gasteiger charge is 2.25. The van der Waals surface area contributed by atoms with Gasteiger partial charge in [0.15, 0.2) is 0 Å². The minimum atomic E-state index is 0.353. The number of hydrogen-bond donors (Lipinski definition) is 1. The maximum Gasteiger partial charge on any atom is 0.115 e. The summed E-state index contributed by atoms with van der Waals surface area (Å²) < 4.78 is 0. The molecule has 1 aliphatic rings. The van der Waals surface area contributed by atoms with Crippen molar-refractivity contribution in [1.82, 2.24) is 9.80 Å². The first-order valence-electron chi connectivity index (χ1n) is 7.82. The number of nitrogens with zero attached hydrogens (tertiary/aromatic N) is 2. The molecule has 1 fully saturated rings. The van der Waals surface area contributed by atoms with Gasteiger partial charge in [-0.05, 0) is 50.9 Å². The third-order valence-corrected chi connectivity index (χ3v) is 4.69. The number of rotatable bonds is 5. The Balaban J connectivity index is 1.82. The van der Waals surface area contributed by atoms with Crippen molar-refractivity contribution in [1.29, 1.82) is 0 Å². The lowest BCUT2D eigenvalue weighted by atomic mass is 10.0. The minimum absolute atomic E-state index is 0.353. The predicted molar refractivity (Wildman–Crippen MR) is 84.2 cm³/mol. The van der Waals surface area contributed by atoms with Gasteiger partial charge in [-0.25, -0.2) is 0 Å². The Labute approximate surface area is 123 Å². The molecule has 0 aromatic heterocycles. The minimum Gasteiger partial charge on any atom is -0.508 e. The molecule has 0 aliphatic carbocycles. The van der Waals surface area contributed by atoms with E-state index in [2.05, 4.69) is 30.7 Å². The Kier molecular flexibility index (Phi) is 5.44. The van der Waals surface area contributed by atoms with Gasteiger partial charge in [0, 0.05) is 31.7 Å². The standard InChI is InChI=1S/C17H28N2O/c1-4-16-13-19(12-11-18(16)3)14(2)5-6-15-7-9-17(20)10-8-15/h7-10,14,16,20H,4-6,11-13H2,1-3H3. The molecule has 20 heavy (non-hydrogen) atoms. The topological polar surface area (TPSA) is 26.7 Å². The van der Waals surface area contributed by atoms with E-state index >= 15 is 0 Å². The van der Waals surface area contributed by atoms with Crippen LogP contribution in [0.5, 0.6) is 5.75 Å². The summed E-state index contributed by atoms with van der Waals surface area (Å²) in [5.41, 5.74) is 1.32. The molecule has 1 saturated heterocycles. The van der Waals surface area contributed by atoms with E-state index in [9.17, 15) is 5.11 Å². The lowest BCUT2D eigenvalue weighted by Gasteiger charge is -2.42.